The molecule has 1 fully saturated rings. The summed E-state index contributed by atoms with van der Waals surface area (Å²) in [6.07, 6.45) is 2.61. The van der Waals surface area contributed by atoms with Gasteiger partial charge in [-0.3, -0.25) is 9.59 Å². The van der Waals surface area contributed by atoms with Crippen LogP contribution in [0.4, 0.5) is 8.78 Å². The minimum absolute atomic E-state index is 0.0990. The van der Waals surface area contributed by atoms with Crippen LogP contribution in [0.1, 0.15) is 55.8 Å². The maximum atomic E-state index is 13.7. The van der Waals surface area contributed by atoms with Gasteiger partial charge in [0.2, 0.25) is 0 Å². The Morgan fingerprint density at radius 2 is 1.85 bits per heavy atom. The number of rotatable bonds is 5. The quantitative estimate of drug-likeness (QED) is 0.549. The van der Waals surface area contributed by atoms with Crippen molar-refractivity contribution in [2.45, 2.75) is 51.0 Å². The standard InChI is InChI=1S/C26H25F2NO4/c1-2-32-25(31)16-7-9-26(10-8-16)22(4-3-11-29)24(30)21-6-5-17(14-23(21)33-26)18-12-19(27)15-20(28)13-18/h5-6,12-16,22H,2-4,7-10H2,1H3. The first-order valence-electron chi connectivity index (χ1n) is 11.2. The van der Waals surface area contributed by atoms with Crippen molar-refractivity contribution in [2.75, 3.05) is 6.61 Å². The van der Waals surface area contributed by atoms with Gasteiger partial charge in [-0.15, -0.1) is 0 Å². The molecule has 0 saturated heterocycles. The number of nitrogens with zero attached hydrogens (tertiary/aromatic N) is 1. The number of Topliss-reactive ketones (excluding diaryl/α,β-unsaturated/α-hetero) is 1. The zero-order valence-electron chi connectivity index (χ0n) is 18.4. The number of hydrogen-bond donors (Lipinski definition) is 0. The second kappa shape index (κ2) is 9.30. The lowest BCUT2D eigenvalue weighted by molar-refractivity contribution is -0.151. The Bertz CT molecular complexity index is 1100. The average molecular weight is 453 g/mol. The van der Waals surface area contributed by atoms with Crippen LogP contribution in [0.15, 0.2) is 36.4 Å². The molecule has 0 amide bonds. The maximum absolute atomic E-state index is 13.7. The second-order valence-corrected chi connectivity index (χ2v) is 8.68. The zero-order valence-corrected chi connectivity index (χ0v) is 18.4. The molecule has 7 heteroatoms. The van der Waals surface area contributed by atoms with Crippen molar-refractivity contribution in [1.82, 2.24) is 0 Å². The molecule has 1 saturated carbocycles. The highest BCUT2D eigenvalue weighted by molar-refractivity contribution is 6.02. The topological polar surface area (TPSA) is 76.4 Å². The van der Waals surface area contributed by atoms with E-state index in [1.54, 1.807) is 25.1 Å². The van der Waals surface area contributed by atoms with Crippen molar-refractivity contribution in [3.05, 3.63) is 53.6 Å². The molecule has 1 atom stereocenters. The van der Waals surface area contributed by atoms with Gasteiger partial charge in [-0.05, 0) is 74.4 Å². The van der Waals surface area contributed by atoms with E-state index in [9.17, 15) is 18.4 Å². The van der Waals surface area contributed by atoms with E-state index in [0.29, 0.717) is 61.2 Å². The number of ether oxygens (including phenoxy) is 2. The summed E-state index contributed by atoms with van der Waals surface area (Å²) in [5.41, 5.74) is 0.455. The molecule has 0 N–H and O–H groups in total. The van der Waals surface area contributed by atoms with Gasteiger partial charge in [0.1, 0.15) is 23.0 Å². The van der Waals surface area contributed by atoms with Crippen molar-refractivity contribution in [2.24, 2.45) is 11.8 Å². The normalized spacial score (nSPS) is 24.0. The summed E-state index contributed by atoms with van der Waals surface area (Å²) < 4.78 is 39.1. The molecule has 33 heavy (non-hydrogen) atoms. The molecule has 0 radical (unpaired) electrons. The van der Waals surface area contributed by atoms with Gasteiger partial charge < -0.3 is 9.47 Å². The number of benzene rings is 2. The highest BCUT2D eigenvalue weighted by Crippen LogP contribution is 2.48. The Balaban J connectivity index is 1.68. The Morgan fingerprint density at radius 1 is 1.15 bits per heavy atom. The summed E-state index contributed by atoms with van der Waals surface area (Å²) >= 11 is 0. The van der Waals surface area contributed by atoms with E-state index in [4.69, 9.17) is 14.7 Å². The maximum Gasteiger partial charge on any atom is 0.308 e. The molecule has 4 rings (SSSR count). The first-order chi connectivity index (χ1) is 15.9. The van der Waals surface area contributed by atoms with Crippen LogP contribution in [-0.2, 0) is 9.53 Å². The number of ketones is 1. The lowest BCUT2D eigenvalue weighted by Gasteiger charge is -2.47. The van der Waals surface area contributed by atoms with Crippen LogP contribution in [0.3, 0.4) is 0 Å². The van der Waals surface area contributed by atoms with Gasteiger partial charge in [-0.1, -0.05) is 6.07 Å². The van der Waals surface area contributed by atoms with E-state index in [2.05, 4.69) is 6.07 Å². The van der Waals surface area contributed by atoms with Crippen molar-refractivity contribution >= 4 is 11.8 Å². The molecule has 0 bridgehead atoms. The molecule has 2 aliphatic rings. The van der Waals surface area contributed by atoms with Gasteiger partial charge in [0.15, 0.2) is 5.78 Å². The fourth-order valence-electron chi connectivity index (χ4n) is 5.08. The van der Waals surface area contributed by atoms with Gasteiger partial charge in [-0.2, -0.15) is 5.26 Å². The van der Waals surface area contributed by atoms with Crippen molar-refractivity contribution < 1.29 is 27.8 Å². The number of hydrogen-bond acceptors (Lipinski definition) is 5. The molecule has 1 unspecified atom stereocenters. The Labute approximate surface area is 191 Å². The summed E-state index contributed by atoms with van der Waals surface area (Å²) in [5.74, 6) is -2.09. The highest BCUT2D eigenvalue weighted by atomic mass is 19.1. The third-order valence-electron chi connectivity index (χ3n) is 6.70. The molecule has 1 heterocycles. The first kappa shape index (κ1) is 22.9. The SMILES string of the molecule is CCOC(=O)C1CCC2(CC1)Oc1cc(-c3cc(F)cc(F)c3)ccc1C(=O)C2CCC#N. The van der Waals surface area contributed by atoms with Gasteiger partial charge in [-0.25, -0.2) is 8.78 Å². The average Bonchev–Trinajstić information content (AvgIpc) is 2.78. The number of nitriles is 1. The molecule has 2 aromatic carbocycles. The van der Waals surface area contributed by atoms with Gasteiger partial charge in [0.25, 0.3) is 0 Å². The number of halogens is 2. The first-order valence-corrected chi connectivity index (χ1v) is 11.2. The van der Waals surface area contributed by atoms with E-state index >= 15 is 0 Å². The molecular formula is C26H25F2NO4. The van der Waals surface area contributed by atoms with Crippen LogP contribution in [-0.4, -0.2) is 24.0 Å². The van der Waals surface area contributed by atoms with Crippen LogP contribution in [0.25, 0.3) is 11.1 Å². The molecule has 2 aromatic rings. The van der Waals surface area contributed by atoms with Crippen molar-refractivity contribution in [1.29, 1.82) is 5.26 Å². The monoisotopic (exact) mass is 453 g/mol. The van der Waals surface area contributed by atoms with Gasteiger partial charge >= 0.3 is 5.97 Å². The van der Waals surface area contributed by atoms with Crippen LogP contribution >= 0.6 is 0 Å². The summed E-state index contributed by atoms with van der Waals surface area (Å²) in [6.45, 7) is 2.08. The van der Waals surface area contributed by atoms with Crippen LogP contribution in [0, 0.1) is 34.8 Å². The van der Waals surface area contributed by atoms with Crippen LogP contribution < -0.4 is 4.74 Å². The number of carbonyl (C=O) groups is 2. The molecule has 5 nitrogen and oxygen atoms in total. The Kier molecular flexibility index (Phi) is 6.46. The summed E-state index contributed by atoms with van der Waals surface area (Å²) in [5, 5.41) is 9.12. The van der Waals surface area contributed by atoms with E-state index in [1.165, 1.54) is 12.1 Å². The molecule has 172 valence electrons. The largest absolute Gasteiger partial charge is 0.486 e. The highest BCUT2D eigenvalue weighted by Gasteiger charge is 2.51. The summed E-state index contributed by atoms with van der Waals surface area (Å²) in [6, 6.07) is 10.3. The zero-order chi connectivity index (χ0) is 23.6. The smallest absolute Gasteiger partial charge is 0.308 e. The predicted octanol–water partition coefficient (Wildman–Crippen LogP) is 5.62. The third kappa shape index (κ3) is 4.47. The van der Waals surface area contributed by atoms with E-state index in [-0.39, 0.29) is 24.1 Å². The van der Waals surface area contributed by atoms with E-state index < -0.39 is 23.2 Å². The number of carbonyl (C=O) groups excluding carboxylic acids is 2. The molecular weight excluding hydrogens is 428 g/mol. The van der Waals surface area contributed by atoms with Crippen LogP contribution in [0.5, 0.6) is 5.75 Å². The Hall–Kier alpha value is -3.27. The predicted molar refractivity (Wildman–Crippen MR) is 116 cm³/mol. The molecule has 0 aromatic heterocycles. The molecule has 1 spiro atoms. The van der Waals surface area contributed by atoms with Crippen molar-refractivity contribution in [3.8, 4) is 22.9 Å². The minimum Gasteiger partial charge on any atom is -0.486 e. The Morgan fingerprint density at radius 3 is 2.48 bits per heavy atom. The number of esters is 1. The van der Waals surface area contributed by atoms with Crippen molar-refractivity contribution in [3.63, 3.8) is 0 Å². The fraction of sp³-hybridized carbons (Fsp3) is 0.423. The molecule has 1 aliphatic carbocycles. The molecule has 1 aliphatic heterocycles. The van der Waals surface area contributed by atoms with Gasteiger partial charge in [0.05, 0.1) is 30.1 Å². The third-order valence-corrected chi connectivity index (χ3v) is 6.70. The minimum atomic E-state index is -0.824. The van der Waals surface area contributed by atoms with E-state index in [0.717, 1.165) is 6.07 Å². The lowest BCUT2D eigenvalue weighted by Crippen LogP contribution is -2.53. The fourth-order valence-corrected chi connectivity index (χ4v) is 5.08. The summed E-state index contributed by atoms with van der Waals surface area (Å²) in [7, 11) is 0. The van der Waals surface area contributed by atoms with Crippen LogP contribution in [0.2, 0.25) is 0 Å². The lowest BCUT2D eigenvalue weighted by atomic mass is 9.67. The van der Waals surface area contributed by atoms with E-state index in [1.807, 2.05) is 0 Å². The number of fused-ring (bicyclic) bond motifs is 1. The van der Waals surface area contributed by atoms with Gasteiger partial charge in [0, 0.05) is 12.5 Å². The second-order valence-electron chi connectivity index (χ2n) is 8.68. The summed E-state index contributed by atoms with van der Waals surface area (Å²) in [4.78, 5) is 25.7.